The van der Waals surface area contributed by atoms with Gasteiger partial charge in [0.25, 0.3) is 6.71 Å². The number of hydrogen-bond acceptors (Lipinski definition) is 4. The normalized spacial score (nSPS) is 14.9. The Labute approximate surface area is 564 Å². The molecule has 3 heterocycles. The molecule has 3 nitrogen and oxygen atoms in total. The van der Waals surface area contributed by atoms with Crippen molar-refractivity contribution in [2.24, 2.45) is 0 Å². The molecule has 0 bridgehead atoms. The highest BCUT2D eigenvalue weighted by Gasteiger charge is 2.50. The first-order chi connectivity index (χ1) is 45.0. The second kappa shape index (κ2) is 22.6. The molecule has 0 radical (unpaired) electrons. The molecule has 466 valence electrons. The first kappa shape index (κ1) is 61.3. The van der Waals surface area contributed by atoms with Gasteiger partial charge in [-0.1, -0.05) is 266 Å². The van der Waals surface area contributed by atoms with Gasteiger partial charge in [0.2, 0.25) is 0 Å². The number of benzene rings is 11. The molecule has 6 heteroatoms. The van der Waals surface area contributed by atoms with Gasteiger partial charge in [0.15, 0.2) is 8.07 Å². The zero-order valence-corrected chi connectivity index (χ0v) is 58.9. The summed E-state index contributed by atoms with van der Waals surface area (Å²) in [5.41, 5.74) is 22.4. The fraction of sp³-hybridized carbons (Fsp3) is 0.227. The minimum atomic E-state index is -3.36. The Balaban J connectivity index is 1.10. The predicted octanol–water partition coefficient (Wildman–Crippen LogP) is 19.7. The number of anilines is 9. The Hall–Kier alpha value is -8.94. The highest BCUT2D eigenvalue weighted by molar-refractivity contribution is 7.33. The van der Waals surface area contributed by atoms with Crippen molar-refractivity contribution in [3.05, 3.63) is 289 Å². The number of nitrogens with zero attached hydrogens (tertiary/aromatic N) is 3. The lowest BCUT2D eigenvalue weighted by Gasteiger charge is -2.45. The molecule has 0 fully saturated rings. The first-order valence-corrected chi connectivity index (χ1v) is 36.8. The number of para-hydroxylation sites is 1. The standard InChI is InChI=1S/C88H86BN3SSi/c1-84(2,3)61-37-42-65(43-38-61)91-77-56-68(90(64-30-20-15-21-31-64)67-46-48-74-75(55-67)88(12,13)52-51-87(74,10)11)47-49-76(77)89-81-78(91)57-72(94(69-32-22-16-23-33-69,70-34-24-17-25-35-70)71-36-26-29-60(53-71)59-27-18-14-19-28-59)58-79(81)92(66-44-39-62(40-45-66)85(4,5)6)82-73-54-63(86(7,8)9)41-50-80(73)93-83(82)89/h14-50,53-58H,51-52H2,1-13H3. The van der Waals surface area contributed by atoms with E-state index in [0.717, 1.165) is 29.2 Å². The summed E-state index contributed by atoms with van der Waals surface area (Å²) >= 11 is 1.98. The fourth-order valence-electron chi connectivity index (χ4n) is 15.7. The number of hydrogen-bond donors (Lipinski definition) is 0. The van der Waals surface area contributed by atoms with E-state index in [1.54, 1.807) is 0 Å². The second-order valence-corrected chi connectivity index (χ2v) is 36.1. The predicted molar refractivity (Wildman–Crippen MR) is 411 cm³/mol. The van der Waals surface area contributed by atoms with E-state index in [1.807, 2.05) is 11.3 Å². The smallest absolute Gasteiger partial charge is 0.264 e. The molecule has 0 atom stereocenters. The maximum absolute atomic E-state index is 3.36. The molecule has 0 saturated heterocycles. The molecule has 0 saturated carbocycles. The van der Waals surface area contributed by atoms with Crippen LogP contribution in [0, 0.1) is 0 Å². The van der Waals surface area contributed by atoms with Gasteiger partial charge in [-0.05, 0) is 195 Å². The van der Waals surface area contributed by atoms with E-state index >= 15 is 0 Å². The van der Waals surface area contributed by atoms with E-state index in [9.17, 15) is 0 Å². The van der Waals surface area contributed by atoms with E-state index in [1.165, 1.54) is 120 Å². The number of fused-ring (bicyclic) bond motifs is 7. The highest BCUT2D eigenvalue weighted by atomic mass is 32.1. The van der Waals surface area contributed by atoms with Crippen molar-refractivity contribution in [1.82, 2.24) is 0 Å². The summed E-state index contributed by atoms with van der Waals surface area (Å²) in [6.45, 7) is 30.7. The molecule has 1 aliphatic carbocycles. The van der Waals surface area contributed by atoms with Gasteiger partial charge >= 0.3 is 0 Å². The van der Waals surface area contributed by atoms with Gasteiger partial charge in [-0.25, -0.2) is 0 Å². The SMILES string of the molecule is CC(C)(C)c1ccc(N2c3cc(N(c4ccccc4)c4ccc5c(c4)C(C)(C)CCC5(C)C)ccc3B3c4sc5ccc(C(C)(C)C)cc5c4N(c4ccc(C(C)(C)C)cc4)c4cc([Si](c5ccccc5)(c5ccccc5)c5cccc(-c6ccccc6)c5)cc2c43)cc1. The van der Waals surface area contributed by atoms with Gasteiger partial charge in [0.05, 0.1) is 5.69 Å². The van der Waals surface area contributed by atoms with E-state index < -0.39 is 8.07 Å². The Morgan fingerprint density at radius 2 is 0.883 bits per heavy atom. The molecule has 0 unspecified atom stereocenters. The second-order valence-electron chi connectivity index (χ2n) is 31.2. The van der Waals surface area contributed by atoms with E-state index in [-0.39, 0.29) is 33.8 Å². The maximum Gasteiger partial charge on any atom is 0.264 e. The highest BCUT2D eigenvalue weighted by Crippen LogP contribution is 2.52. The van der Waals surface area contributed by atoms with Crippen molar-refractivity contribution < 1.29 is 0 Å². The summed E-state index contributed by atoms with van der Waals surface area (Å²) in [4.78, 5) is 7.91. The van der Waals surface area contributed by atoms with Crippen LogP contribution < -0.4 is 51.1 Å². The van der Waals surface area contributed by atoms with E-state index in [4.69, 9.17) is 0 Å². The lowest BCUT2D eigenvalue weighted by Crippen LogP contribution is -2.75. The molecule has 11 aromatic carbocycles. The fourth-order valence-corrected chi connectivity index (χ4v) is 21.8. The van der Waals surface area contributed by atoms with Gasteiger partial charge in [0.1, 0.15) is 0 Å². The van der Waals surface area contributed by atoms with Crippen LogP contribution in [0.3, 0.4) is 0 Å². The topological polar surface area (TPSA) is 9.72 Å². The zero-order valence-electron chi connectivity index (χ0n) is 57.1. The molecule has 0 N–H and O–H groups in total. The van der Waals surface area contributed by atoms with Gasteiger partial charge < -0.3 is 14.7 Å². The van der Waals surface area contributed by atoms with Crippen LogP contribution in [0.2, 0.25) is 0 Å². The molecule has 0 amide bonds. The van der Waals surface area contributed by atoms with E-state index in [2.05, 4.69) is 366 Å². The van der Waals surface area contributed by atoms with Crippen LogP contribution in [-0.4, -0.2) is 14.8 Å². The lowest BCUT2D eigenvalue weighted by atomic mass is 9.36. The van der Waals surface area contributed by atoms with Gasteiger partial charge in [-0.2, -0.15) is 0 Å². The Morgan fingerprint density at radius 3 is 1.47 bits per heavy atom. The Kier molecular flexibility index (Phi) is 14.8. The van der Waals surface area contributed by atoms with Crippen LogP contribution in [0.5, 0.6) is 0 Å². The van der Waals surface area contributed by atoms with Crippen molar-refractivity contribution in [3.63, 3.8) is 0 Å². The van der Waals surface area contributed by atoms with Crippen molar-refractivity contribution in [2.45, 2.75) is 130 Å². The molecule has 0 spiro atoms. The summed E-state index contributed by atoms with van der Waals surface area (Å²) in [6.07, 6.45) is 2.31. The van der Waals surface area contributed by atoms with Crippen LogP contribution in [0.25, 0.3) is 21.2 Å². The van der Waals surface area contributed by atoms with Gasteiger partial charge in [0, 0.05) is 60.4 Å². The van der Waals surface area contributed by atoms with Crippen molar-refractivity contribution in [3.8, 4) is 11.1 Å². The average molecular weight is 1260 g/mol. The summed E-state index contributed by atoms with van der Waals surface area (Å²) in [5, 5.41) is 6.61. The van der Waals surface area contributed by atoms with Crippen LogP contribution >= 0.6 is 11.3 Å². The van der Waals surface area contributed by atoms with Crippen molar-refractivity contribution in [2.75, 3.05) is 14.7 Å². The Morgan fingerprint density at radius 1 is 0.394 bits per heavy atom. The quantitative estimate of drug-likeness (QED) is 0.0998. The van der Waals surface area contributed by atoms with Crippen LogP contribution in [0.1, 0.15) is 131 Å². The van der Waals surface area contributed by atoms with Gasteiger partial charge in [-0.15, -0.1) is 11.3 Å². The van der Waals surface area contributed by atoms with Crippen LogP contribution in [-0.2, 0) is 27.1 Å². The minimum Gasteiger partial charge on any atom is -0.311 e. The first-order valence-electron chi connectivity index (χ1n) is 34.0. The third kappa shape index (κ3) is 10.3. The summed E-state index contributed by atoms with van der Waals surface area (Å²) < 4.78 is 2.66. The molecule has 12 aromatic rings. The van der Waals surface area contributed by atoms with Crippen molar-refractivity contribution in [1.29, 1.82) is 0 Å². The summed E-state index contributed by atoms with van der Waals surface area (Å²) in [6, 6.07) is 102. The molecule has 1 aromatic heterocycles. The van der Waals surface area contributed by atoms with Gasteiger partial charge in [-0.3, -0.25) is 0 Å². The zero-order chi connectivity index (χ0) is 65.3. The lowest BCUT2D eigenvalue weighted by molar-refractivity contribution is 0.332. The van der Waals surface area contributed by atoms with Crippen LogP contribution in [0.4, 0.5) is 51.2 Å². The largest absolute Gasteiger partial charge is 0.311 e. The molecule has 94 heavy (non-hydrogen) atoms. The molecule has 15 rings (SSSR count). The monoisotopic (exact) mass is 1260 g/mol. The number of rotatable bonds is 10. The average Bonchev–Trinajstić information content (AvgIpc) is 1.17. The molecule has 2 aliphatic heterocycles. The molecular weight excluding hydrogens is 1170 g/mol. The van der Waals surface area contributed by atoms with Crippen molar-refractivity contribution >= 4 is 124 Å². The summed E-state index contributed by atoms with van der Waals surface area (Å²) in [5.74, 6) is 0. The summed E-state index contributed by atoms with van der Waals surface area (Å²) in [7, 11) is -3.36. The maximum atomic E-state index is 2.71. The molecular formula is C88H86BN3SSi. The number of thiophene rings is 1. The van der Waals surface area contributed by atoms with E-state index in [0.29, 0.717) is 0 Å². The molecule has 3 aliphatic rings. The third-order valence-corrected chi connectivity index (χ3v) is 27.1. The third-order valence-electron chi connectivity index (χ3n) is 21.1. The van der Waals surface area contributed by atoms with Crippen LogP contribution in [0.15, 0.2) is 261 Å². The minimum absolute atomic E-state index is 0.0220. The Bertz CT molecular complexity index is 4800.